The SMILES string of the molecule is O=[N+]([O-])c1cc(F)ccc1N1CCC(N2CCS(=O)(=O)CC2)CC1. The Morgan fingerprint density at radius 2 is 1.75 bits per heavy atom. The van der Waals surface area contributed by atoms with Gasteiger partial charge < -0.3 is 4.90 Å². The second kappa shape index (κ2) is 6.64. The Morgan fingerprint density at radius 3 is 2.33 bits per heavy atom. The van der Waals surface area contributed by atoms with E-state index < -0.39 is 20.6 Å². The molecule has 0 N–H and O–H groups in total. The number of hydrogen-bond acceptors (Lipinski definition) is 6. The molecule has 2 fully saturated rings. The molecule has 7 nitrogen and oxygen atoms in total. The Hall–Kier alpha value is -1.74. The van der Waals surface area contributed by atoms with Crippen LogP contribution in [-0.2, 0) is 9.84 Å². The van der Waals surface area contributed by atoms with Gasteiger partial charge in [0.2, 0.25) is 0 Å². The smallest absolute Gasteiger partial charge is 0.295 e. The number of rotatable bonds is 3. The van der Waals surface area contributed by atoms with E-state index in [4.69, 9.17) is 0 Å². The number of piperidine rings is 1. The van der Waals surface area contributed by atoms with Crippen molar-refractivity contribution in [1.29, 1.82) is 0 Å². The minimum Gasteiger partial charge on any atom is -0.366 e. The quantitative estimate of drug-likeness (QED) is 0.601. The lowest BCUT2D eigenvalue weighted by Gasteiger charge is -2.40. The normalized spacial score (nSPS) is 22.5. The summed E-state index contributed by atoms with van der Waals surface area (Å²) in [6, 6.07) is 3.96. The van der Waals surface area contributed by atoms with Crippen molar-refractivity contribution in [2.45, 2.75) is 18.9 Å². The van der Waals surface area contributed by atoms with E-state index in [1.54, 1.807) is 0 Å². The van der Waals surface area contributed by atoms with Gasteiger partial charge in [-0.15, -0.1) is 0 Å². The molecular formula is C15H20FN3O4S. The minimum atomic E-state index is -2.89. The van der Waals surface area contributed by atoms with Crippen LogP contribution in [0.15, 0.2) is 18.2 Å². The van der Waals surface area contributed by atoms with Gasteiger partial charge in [0.15, 0.2) is 9.84 Å². The number of benzene rings is 1. The van der Waals surface area contributed by atoms with Gasteiger partial charge >= 0.3 is 0 Å². The number of nitro groups is 1. The van der Waals surface area contributed by atoms with Crippen molar-refractivity contribution in [3.05, 3.63) is 34.1 Å². The van der Waals surface area contributed by atoms with Crippen LogP contribution in [0, 0.1) is 15.9 Å². The van der Waals surface area contributed by atoms with Crippen molar-refractivity contribution in [2.24, 2.45) is 0 Å². The number of hydrogen-bond donors (Lipinski definition) is 0. The molecular weight excluding hydrogens is 337 g/mol. The number of nitro benzene ring substituents is 1. The van der Waals surface area contributed by atoms with Gasteiger partial charge in [0.1, 0.15) is 11.5 Å². The maximum absolute atomic E-state index is 13.3. The van der Waals surface area contributed by atoms with Crippen molar-refractivity contribution in [1.82, 2.24) is 4.90 Å². The van der Waals surface area contributed by atoms with E-state index >= 15 is 0 Å². The van der Waals surface area contributed by atoms with Crippen LogP contribution in [0.1, 0.15) is 12.8 Å². The first-order valence-electron chi connectivity index (χ1n) is 7.99. The van der Waals surface area contributed by atoms with Gasteiger partial charge in [-0.25, -0.2) is 12.8 Å². The van der Waals surface area contributed by atoms with Crippen molar-refractivity contribution in [2.75, 3.05) is 42.6 Å². The predicted molar refractivity (Wildman–Crippen MR) is 88.5 cm³/mol. The average molecular weight is 357 g/mol. The molecule has 0 bridgehead atoms. The van der Waals surface area contributed by atoms with E-state index in [0.29, 0.717) is 37.9 Å². The number of halogens is 1. The van der Waals surface area contributed by atoms with Crippen LogP contribution in [0.3, 0.4) is 0 Å². The molecule has 2 aliphatic rings. The molecule has 0 saturated carbocycles. The highest BCUT2D eigenvalue weighted by Gasteiger charge is 2.31. The molecule has 1 aromatic carbocycles. The summed E-state index contributed by atoms with van der Waals surface area (Å²) in [4.78, 5) is 14.7. The van der Waals surface area contributed by atoms with Gasteiger partial charge in [-0.1, -0.05) is 0 Å². The zero-order chi connectivity index (χ0) is 17.3. The van der Waals surface area contributed by atoms with E-state index in [1.807, 2.05) is 4.90 Å². The predicted octanol–water partition coefficient (Wildman–Crippen LogP) is 1.43. The first kappa shape index (κ1) is 17.1. The lowest BCUT2D eigenvalue weighted by molar-refractivity contribution is -0.384. The molecule has 24 heavy (non-hydrogen) atoms. The summed E-state index contributed by atoms with van der Waals surface area (Å²) in [5.41, 5.74) is 0.235. The van der Waals surface area contributed by atoms with Gasteiger partial charge in [-0.05, 0) is 25.0 Å². The first-order valence-corrected chi connectivity index (χ1v) is 9.81. The van der Waals surface area contributed by atoms with Crippen LogP contribution in [0.2, 0.25) is 0 Å². The summed E-state index contributed by atoms with van der Waals surface area (Å²) in [5.74, 6) is -0.206. The largest absolute Gasteiger partial charge is 0.366 e. The highest BCUT2D eigenvalue weighted by Crippen LogP contribution is 2.31. The molecule has 0 radical (unpaired) electrons. The molecule has 0 aliphatic carbocycles. The Labute approximate surface area is 140 Å². The van der Waals surface area contributed by atoms with E-state index in [9.17, 15) is 22.9 Å². The van der Waals surface area contributed by atoms with Crippen LogP contribution < -0.4 is 4.90 Å². The van der Waals surface area contributed by atoms with Gasteiger partial charge in [-0.3, -0.25) is 15.0 Å². The van der Waals surface area contributed by atoms with Crippen molar-refractivity contribution in [3.8, 4) is 0 Å². The third kappa shape index (κ3) is 3.67. The van der Waals surface area contributed by atoms with E-state index in [-0.39, 0.29) is 17.2 Å². The van der Waals surface area contributed by atoms with Crippen molar-refractivity contribution in [3.63, 3.8) is 0 Å². The summed E-state index contributed by atoms with van der Waals surface area (Å²) in [6.07, 6.45) is 1.63. The molecule has 9 heteroatoms. The fourth-order valence-electron chi connectivity index (χ4n) is 3.47. The van der Waals surface area contributed by atoms with E-state index in [2.05, 4.69) is 4.90 Å². The average Bonchev–Trinajstić information content (AvgIpc) is 2.55. The Bertz CT molecular complexity index is 718. The summed E-state index contributed by atoms with van der Waals surface area (Å²) >= 11 is 0. The Morgan fingerprint density at radius 1 is 1.12 bits per heavy atom. The van der Waals surface area contributed by atoms with Crippen LogP contribution >= 0.6 is 0 Å². The maximum atomic E-state index is 13.3. The third-order valence-electron chi connectivity index (χ3n) is 4.83. The lowest BCUT2D eigenvalue weighted by Crippen LogP contribution is -2.50. The van der Waals surface area contributed by atoms with Crippen LogP contribution in [-0.4, -0.2) is 62.0 Å². The maximum Gasteiger partial charge on any atom is 0.295 e. The van der Waals surface area contributed by atoms with E-state index in [0.717, 1.165) is 18.9 Å². The molecule has 0 atom stereocenters. The highest BCUT2D eigenvalue weighted by atomic mass is 32.2. The molecule has 2 saturated heterocycles. The zero-order valence-electron chi connectivity index (χ0n) is 13.2. The van der Waals surface area contributed by atoms with Crippen molar-refractivity contribution < 1.29 is 17.7 Å². The fraction of sp³-hybridized carbons (Fsp3) is 0.600. The van der Waals surface area contributed by atoms with Crippen LogP contribution in [0.25, 0.3) is 0 Å². The first-order chi connectivity index (χ1) is 11.4. The number of anilines is 1. The summed E-state index contributed by atoms with van der Waals surface area (Å²) in [7, 11) is -2.89. The molecule has 1 aromatic rings. The standard InChI is InChI=1S/C15H20FN3O4S/c16-12-1-2-14(15(11-12)19(20)21)18-5-3-13(4-6-18)17-7-9-24(22,23)10-8-17/h1-2,11,13H,3-10H2. The van der Waals surface area contributed by atoms with E-state index in [1.165, 1.54) is 12.1 Å². The van der Waals surface area contributed by atoms with Crippen molar-refractivity contribution >= 4 is 21.2 Å². The van der Waals surface area contributed by atoms with Crippen LogP contribution in [0.5, 0.6) is 0 Å². The lowest BCUT2D eigenvalue weighted by atomic mass is 10.0. The highest BCUT2D eigenvalue weighted by molar-refractivity contribution is 7.91. The third-order valence-corrected chi connectivity index (χ3v) is 6.44. The summed E-state index contributed by atoms with van der Waals surface area (Å²) in [6.45, 7) is 2.40. The topological polar surface area (TPSA) is 83.8 Å². The summed E-state index contributed by atoms with van der Waals surface area (Å²) < 4.78 is 36.3. The van der Waals surface area contributed by atoms with Crippen LogP contribution in [0.4, 0.5) is 15.8 Å². The van der Waals surface area contributed by atoms with Gasteiger partial charge in [0.05, 0.1) is 22.5 Å². The molecule has 2 heterocycles. The fourth-order valence-corrected chi connectivity index (χ4v) is 4.70. The van der Waals surface area contributed by atoms with Gasteiger partial charge in [0, 0.05) is 32.2 Å². The minimum absolute atomic E-state index is 0.205. The van der Waals surface area contributed by atoms with Gasteiger partial charge in [-0.2, -0.15) is 0 Å². The summed E-state index contributed by atoms with van der Waals surface area (Å²) in [5, 5.41) is 11.1. The second-order valence-electron chi connectivity index (χ2n) is 6.30. The molecule has 132 valence electrons. The number of sulfone groups is 1. The molecule has 0 spiro atoms. The number of nitrogens with zero attached hydrogens (tertiary/aromatic N) is 3. The molecule has 0 unspecified atom stereocenters. The molecule has 2 aliphatic heterocycles. The molecule has 3 rings (SSSR count). The van der Waals surface area contributed by atoms with Gasteiger partial charge in [0.25, 0.3) is 5.69 Å². The Kier molecular flexibility index (Phi) is 4.73. The Balaban J connectivity index is 1.65. The molecule has 0 aromatic heterocycles. The second-order valence-corrected chi connectivity index (χ2v) is 8.60. The zero-order valence-corrected chi connectivity index (χ0v) is 14.0. The monoisotopic (exact) mass is 357 g/mol. The molecule has 0 amide bonds.